The van der Waals surface area contributed by atoms with Crippen molar-refractivity contribution in [2.75, 3.05) is 0 Å². The van der Waals surface area contributed by atoms with Gasteiger partial charge in [0.2, 0.25) is 0 Å². The predicted molar refractivity (Wildman–Crippen MR) is 48.8 cm³/mol. The van der Waals surface area contributed by atoms with Gasteiger partial charge in [-0.3, -0.25) is 0 Å². The van der Waals surface area contributed by atoms with Crippen LogP contribution in [0.25, 0.3) is 0 Å². The average molecular weight is 172 g/mol. The van der Waals surface area contributed by atoms with E-state index in [1.54, 1.807) is 0 Å². The summed E-state index contributed by atoms with van der Waals surface area (Å²) in [6, 6.07) is 0. The van der Waals surface area contributed by atoms with E-state index in [1.165, 1.54) is 0 Å². The van der Waals surface area contributed by atoms with Gasteiger partial charge in [-0.1, -0.05) is 20.3 Å². The van der Waals surface area contributed by atoms with Gasteiger partial charge in [0.1, 0.15) is 0 Å². The van der Waals surface area contributed by atoms with Crippen molar-refractivity contribution in [2.45, 2.75) is 51.7 Å². The van der Waals surface area contributed by atoms with Crippen LogP contribution in [-0.4, -0.2) is 22.4 Å². The fourth-order valence-electron chi connectivity index (χ4n) is 2.20. The fourth-order valence-corrected chi connectivity index (χ4v) is 2.20. The van der Waals surface area contributed by atoms with Crippen LogP contribution in [0, 0.1) is 11.8 Å². The molecule has 2 nitrogen and oxygen atoms in total. The molecule has 0 aromatic carbocycles. The smallest absolute Gasteiger partial charge is 0.0595 e. The lowest BCUT2D eigenvalue weighted by atomic mass is 9.95. The Hall–Kier alpha value is -0.0800. The monoisotopic (exact) mass is 172 g/mol. The Labute approximate surface area is 74.6 Å². The first-order chi connectivity index (χ1) is 5.69. The minimum atomic E-state index is -0.295. The lowest BCUT2D eigenvalue weighted by Crippen LogP contribution is -2.26. The van der Waals surface area contributed by atoms with Crippen LogP contribution < -0.4 is 0 Å². The Balaban J connectivity index is 2.45. The van der Waals surface area contributed by atoms with Gasteiger partial charge in [0.25, 0.3) is 0 Å². The number of rotatable bonds is 3. The molecule has 1 rings (SSSR count). The van der Waals surface area contributed by atoms with Crippen molar-refractivity contribution in [1.29, 1.82) is 0 Å². The summed E-state index contributed by atoms with van der Waals surface area (Å²) < 4.78 is 0. The van der Waals surface area contributed by atoms with E-state index >= 15 is 0 Å². The molecule has 2 heteroatoms. The van der Waals surface area contributed by atoms with Gasteiger partial charge >= 0.3 is 0 Å². The molecule has 1 aliphatic carbocycles. The summed E-state index contributed by atoms with van der Waals surface area (Å²) in [4.78, 5) is 0. The highest BCUT2D eigenvalue weighted by molar-refractivity contribution is 4.86. The van der Waals surface area contributed by atoms with Crippen molar-refractivity contribution < 1.29 is 10.2 Å². The molecule has 0 aromatic rings. The van der Waals surface area contributed by atoms with Crippen LogP contribution in [-0.2, 0) is 0 Å². The number of hydrogen-bond donors (Lipinski definition) is 2. The third kappa shape index (κ3) is 1.99. The molecule has 0 radical (unpaired) electrons. The topological polar surface area (TPSA) is 40.5 Å². The highest BCUT2D eigenvalue weighted by atomic mass is 16.3. The zero-order valence-corrected chi connectivity index (χ0v) is 8.03. The molecule has 0 spiro atoms. The van der Waals surface area contributed by atoms with Crippen LogP contribution >= 0.6 is 0 Å². The zero-order chi connectivity index (χ0) is 9.14. The van der Waals surface area contributed by atoms with Gasteiger partial charge in [-0.05, 0) is 25.2 Å². The minimum Gasteiger partial charge on any atom is -0.393 e. The second-order valence-electron chi connectivity index (χ2n) is 3.95. The van der Waals surface area contributed by atoms with Gasteiger partial charge in [-0.15, -0.1) is 0 Å². The first-order valence-electron chi connectivity index (χ1n) is 5.05. The van der Waals surface area contributed by atoms with Gasteiger partial charge in [-0.2, -0.15) is 0 Å². The first kappa shape index (κ1) is 10.0. The van der Waals surface area contributed by atoms with E-state index in [9.17, 15) is 10.2 Å². The normalized spacial score (nSPS) is 38.5. The predicted octanol–water partition coefficient (Wildman–Crippen LogP) is 1.55. The molecule has 1 aliphatic rings. The van der Waals surface area contributed by atoms with Crippen molar-refractivity contribution in [3.05, 3.63) is 0 Å². The largest absolute Gasteiger partial charge is 0.393 e. The van der Waals surface area contributed by atoms with Gasteiger partial charge in [0.15, 0.2) is 0 Å². The summed E-state index contributed by atoms with van der Waals surface area (Å²) in [7, 11) is 0. The molecular formula is C10H20O2. The van der Waals surface area contributed by atoms with Crippen molar-refractivity contribution >= 4 is 0 Å². The Morgan fingerprint density at radius 3 is 2.42 bits per heavy atom. The third-order valence-electron chi connectivity index (χ3n) is 3.16. The summed E-state index contributed by atoms with van der Waals surface area (Å²) in [6.07, 6.45) is 3.23. The summed E-state index contributed by atoms with van der Waals surface area (Å²) in [5.74, 6) is 0.770. The average Bonchev–Trinajstić information content (AvgIpc) is 2.45. The van der Waals surface area contributed by atoms with Gasteiger partial charge in [0.05, 0.1) is 12.2 Å². The highest BCUT2D eigenvalue weighted by Gasteiger charge is 2.35. The summed E-state index contributed by atoms with van der Waals surface area (Å²) in [6.45, 7) is 4.12. The molecule has 4 unspecified atom stereocenters. The third-order valence-corrected chi connectivity index (χ3v) is 3.16. The van der Waals surface area contributed by atoms with E-state index in [-0.39, 0.29) is 18.1 Å². The molecule has 0 bridgehead atoms. The molecular weight excluding hydrogens is 152 g/mol. The lowest BCUT2D eigenvalue weighted by Gasteiger charge is -2.19. The fraction of sp³-hybridized carbons (Fsp3) is 1.00. The van der Waals surface area contributed by atoms with Crippen LogP contribution in [0.4, 0.5) is 0 Å². The standard InChI is InChI=1S/C10H20O2/c1-3-7-5-8(9(11)4-2)10(12)6-7/h7-12H,3-6H2,1-2H3. The minimum absolute atomic E-state index is 0.139. The summed E-state index contributed by atoms with van der Waals surface area (Å²) >= 11 is 0. The molecule has 0 saturated heterocycles. The van der Waals surface area contributed by atoms with E-state index in [0.717, 1.165) is 25.7 Å². The molecule has 0 aliphatic heterocycles. The second kappa shape index (κ2) is 4.24. The molecule has 1 saturated carbocycles. The summed E-state index contributed by atoms with van der Waals surface area (Å²) in [5, 5.41) is 19.2. The molecule has 4 atom stereocenters. The molecule has 0 heterocycles. The Morgan fingerprint density at radius 2 is 2.00 bits per heavy atom. The van der Waals surface area contributed by atoms with Crippen LogP contribution in [0.15, 0.2) is 0 Å². The molecule has 12 heavy (non-hydrogen) atoms. The van der Waals surface area contributed by atoms with E-state index in [1.807, 2.05) is 6.92 Å². The van der Waals surface area contributed by atoms with Crippen molar-refractivity contribution in [3.63, 3.8) is 0 Å². The number of hydrogen-bond acceptors (Lipinski definition) is 2. The van der Waals surface area contributed by atoms with Crippen LogP contribution in [0.5, 0.6) is 0 Å². The van der Waals surface area contributed by atoms with Crippen molar-refractivity contribution in [2.24, 2.45) is 11.8 Å². The molecule has 2 N–H and O–H groups in total. The van der Waals surface area contributed by atoms with Crippen molar-refractivity contribution in [3.8, 4) is 0 Å². The van der Waals surface area contributed by atoms with Gasteiger partial charge in [0, 0.05) is 5.92 Å². The first-order valence-corrected chi connectivity index (χ1v) is 5.05. The van der Waals surface area contributed by atoms with E-state index in [0.29, 0.717) is 5.92 Å². The molecule has 72 valence electrons. The maximum Gasteiger partial charge on any atom is 0.0595 e. The molecule has 1 fully saturated rings. The van der Waals surface area contributed by atoms with Crippen LogP contribution in [0.3, 0.4) is 0 Å². The Morgan fingerprint density at radius 1 is 1.33 bits per heavy atom. The van der Waals surface area contributed by atoms with Gasteiger partial charge in [-0.25, -0.2) is 0 Å². The zero-order valence-electron chi connectivity index (χ0n) is 8.03. The number of aliphatic hydroxyl groups excluding tert-OH is 2. The number of aliphatic hydroxyl groups is 2. The highest BCUT2D eigenvalue weighted by Crippen LogP contribution is 2.35. The van der Waals surface area contributed by atoms with Crippen molar-refractivity contribution in [1.82, 2.24) is 0 Å². The maximum absolute atomic E-state index is 9.63. The maximum atomic E-state index is 9.63. The van der Waals surface area contributed by atoms with E-state index < -0.39 is 0 Å². The Kier molecular flexibility index (Phi) is 3.53. The van der Waals surface area contributed by atoms with Gasteiger partial charge < -0.3 is 10.2 Å². The van der Waals surface area contributed by atoms with Crippen LogP contribution in [0.2, 0.25) is 0 Å². The Bertz CT molecular complexity index is 136. The van der Waals surface area contributed by atoms with Crippen LogP contribution in [0.1, 0.15) is 39.5 Å². The van der Waals surface area contributed by atoms with E-state index in [2.05, 4.69) is 6.92 Å². The molecule has 0 aromatic heterocycles. The SMILES string of the molecule is CCC1CC(O)C(C(O)CC)C1. The van der Waals surface area contributed by atoms with E-state index in [4.69, 9.17) is 0 Å². The quantitative estimate of drug-likeness (QED) is 0.678. The summed E-state index contributed by atoms with van der Waals surface area (Å²) in [5.41, 5.74) is 0. The molecule has 0 amide bonds. The second-order valence-corrected chi connectivity index (χ2v) is 3.95. The lowest BCUT2D eigenvalue weighted by molar-refractivity contribution is 0.0297.